The second kappa shape index (κ2) is 1.82. The van der Waals surface area contributed by atoms with Gasteiger partial charge in [0, 0.05) is 6.20 Å². The number of nitrogens with zero attached hydrogens (tertiary/aromatic N) is 2. The van der Waals surface area contributed by atoms with Crippen LogP contribution in [0, 0.1) is 0 Å². The van der Waals surface area contributed by atoms with E-state index in [9.17, 15) is 4.79 Å². The number of hydrogen-bond acceptors (Lipinski definition) is 4. The second-order valence-electron chi connectivity index (χ2n) is 2.07. The van der Waals surface area contributed by atoms with Crippen molar-refractivity contribution in [3.05, 3.63) is 16.6 Å². The quantitative estimate of drug-likeness (QED) is 0.460. The first-order valence-corrected chi connectivity index (χ1v) is 2.96. The third-order valence-electron chi connectivity index (χ3n) is 1.33. The molecule has 0 bridgehead atoms. The Balaban J connectivity index is 3.02. The van der Waals surface area contributed by atoms with E-state index in [-0.39, 0.29) is 11.5 Å². The Bertz CT molecular complexity index is 441. The van der Waals surface area contributed by atoms with Crippen LogP contribution >= 0.6 is 0 Å². The highest BCUT2D eigenvalue weighted by Crippen LogP contribution is 2.00. The summed E-state index contributed by atoms with van der Waals surface area (Å²) in [5.41, 5.74) is 5.33. The van der Waals surface area contributed by atoms with Crippen LogP contribution in [0.3, 0.4) is 0 Å². The Labute approximate surface area is 60.5 Å². The topological polar surface area (TPSA) is 100 Å². The lowest BCUT2D eigenvalue weighted by atomic mass is 10.4. The van der Waals surface area contributed by atoms with Crippen LogP contribution in [-0.2, 0) is 0 Å². The van der Waals surface area contributed by atoms with Gasteiger partial charge in [-0.25, -0.2) is 0 Å². The maximum atomic E-state index is 11.0. The fraction of sp³-hybridized carbons (Fsp3) is 0. The minimum atomic E-state index is -0.277. The van der Waals surface area contributed by atoms with E-state index in [4.69, 9.17) is 5.73 Å². The summed E-state index contributed by atoms with van der Waals surface area (Å²) in [7, 11) is 0. The van der Waals surface area contributed by atoms with Gasteiger partial charge in [0.2, 0.25) is 5.95 Å². The molecule has 0 radical (unpaired) electrons. The van der Waals surface area contributed by atoms with Crippen LogP contribution in [0.5, 0.6) is 0 Å². The van der Waals surface area contributed by atoms with Gasteiger partial charge in [0.05, 0.1) is 0 Å². The van der Waals surface area contributed by atoms with Crippen molar-refractivity contribution in [3.8, 4) is 0 Å². The number of aromatic amines is 2. The van der Waals surface area contributed by atoms with E-state index in [2.05, 4.69) is 20.2 Å². The van der Waals surface area contributed by atoms with Gasteiger partial charge in [-0.3, -0.25) is 14.9 Å². The molecule has 0 aliphatic rings. The van der Waals surface area contributed by atoms with Gasteiger partial charge in [-0.1, -0.05) is 0 Å². The molecule has 0 aliphatic heterocycles. The molecule has 2 aromatic rings. The molecule has 0 unspecified atom stereocenters. The molecule has 6 heteroatoms. The highest BCUT2D eigenvalue weighted by molar-refractivity contribution is 5.73. The molecule has 0 aromatic carbocycles. The minimum Gasteiger partial charge on any atom is -0.369 e. The number of aromatic nitrogens is 4. The van der Waals surface area contributed by atoms with E-state index in [1.54, 1.807) is 0 Å². The van der Waals surface area contributed by atoms with Gasteiger partial charge in [0.25, 0.3) is 5.56 Å². The van der Waals surface area contributed by atoms with Crippen molar-refractivity contribution in [2.75, 3.05) is 5.73 Å². The van der Waals surface area contributed by atoms with Gasteiger partial charge >= 0.3 is 0 Å². The molecule has 0 amide bonds. The Kier molecular flexibility index (Phi) is 0.974. The zero-order chi connectivity index (χ0) is 7.84. The third kappa shape index (κ3) is 0.759. The van der Waals surface area contributed by atoms with Crippen LogP contribution in [0.25, 0.3) is 11.0 Å². The van der Waals surface area contributed by atoms with E-state index >= 15 is 0 Å². The zero-order valence-corrected chi connectivity index (χ0v) is 5.46. The summed E-state index contributed by atoms with van der Waals surface area (Å²) in [5.74, 6) is 0.0783. The molecule has 6 nitrogen and oxygen atoms in total. The monoisotopic (exact) mass is 151 g/mol. The lowest BCUT2D eigenvalue weighted by molar-refractivity contribution is 1.09. The fourth-order valence-corrected chi connectivity index (χ4v) is 0.861. The summed E-state index contributed by atoms with van der Waals surface area (Å²) in [6, 6.07) is 0. The highest BCUT2D eigenvalue weighted by atomic mass is 16.1. The molecular weight excluding hydrogens is 146 g/mol. The number of nitrogens with two attached hydrogens (primary N) is 1. The first kappa shape index (κ1) is 5.90. The number of H-pyrrole nitrogens is 2. The van der Waals surface area contributed by atoms with Crippen LogP contribution in [0.15, 0.2) is 11.0 Å². The average molecular weight is 151 g/mol. The molecule has 0 saturated carbocycles. The van der Waals surface area contributed by atoms with Crippen molar-refractivity contribution in [2.24, 2.45) is 0 Å². The van der Waals surface area contributed by atoms with E-state index in [1.807, 2.05) is 0 Å². The lowest BCUT2D eigenvalue weighted by Gasteiger charge is -1.88. The Morgan fingerprint density at radius 1 is 1.55 bits per heavy atom. The Morgan fingerprint density at radius 3 is 3.18 bits per heavy atom. The van der Waals surface area contributed by atoms with Crippen molar-refractivity contribution in [1.29, 1.82) is 0 Å². The fourth-order valence-electron chi connectivity index (χ4n) is 0.861. The molecule has 4 N–H and O–H groups in total. The predicted molar refractivity (Wildman–Crippen MR) is 38.9 cm³/mol. The number of hydrogen-bond donors (Lipinski definition) is 3. The first-order chi connectivity index (χ1) is 5.27. The summed E-state index contributed by atoms with van der Waals surface area (Å²) < 4.78 is 0. The highest BCUT2D eigenvalue weighted by Gasteiger charge is 2.01. The van der Waals surface area contributed by atoms with E-state index in [0.717, 1.165) is 0 Å². The predicted octanol–water partition coefficient (Wildman–Crippen LogP) is -0.772. The molecule has 2 heterocycles. The molecule has 0 aliphatic carbocycles. The SMILES string of the molecule is Nc1nc2n[nH]cc2c(=O)[nH]1. The summed E-state index contributed by atoms with van der Waals surface area (Å²) in [6.07, 6.45) is 1.47. The van der Waals surface area contributed by atoms with Gasteiger partial charge in [-0.15, -0.1) is 0 Å². The summed E-state index contributed by atoms with van der Waals surface area (Å²) in [5, 5.41) is 6.64. The van der Waals surface area contributed by atoms with Crippen molar-refractivity contribution < 1.29 is 0 Å². The smallest absolute Gasteiger partial charge is 0.263 e. The number of rotatable bonds is 0. The largest absolute Gasteiger partial charge is 0.369 e. The van der Waals surface area contributed by atoms with Crippen LogP contribution < -0.4 is 11.3 Å². The summed E-state index contributed by atoms with van der Waals surface area (Å²) >= 11 is 0. The molecular formula is C5H5N5O. The van der Waals surface area contributed by atoms with E-state index in [1.165, 1.54) is 6.20 Å². The summed E-state index contributed by atoms with van der Waals surface area (Å²) in [4.78, 5) is 17.2. The standard InChI is InChI=1S/C5H5N5O/c6-5-8-3-2(1-7-10-3)4(11)9-5/h1H,(H4,6,7,8,9,10,11). The number of fused-ring (bicyclic) bond motifs is 1. The van der Waals surface area contributed by atoms with E-state index < -0.39 is 0 Å². The second-order valence-corrected chi connectivity index (χ2v) is 2.07. The maximum absolute atomic E-state index is 11.0. The molecule has 11 heavy (non-hydrogen) atoms. The van der Waals surface area contributed by atoms with Gasteiger partial charge < -0.3 is 5.73 Å². The van der Waals surface area contributed by atoms with Crippen LogP contribution in [0.1, 0.15) is 0 Å². The summed E-state index contributed by atoms with van der Waals surface area (Å²) in [6.45, 7) is 0. The molecule has 0 saturated heterocycles. The molecule has 2 rings (SSSR count). The van der Waals surface area contributed by atoms with Crippen molar-refractivity contribution in [3.63, 3.8) is 0 Å². The van der Waals surface area contributed by atoms with Crippen molar-refractivity contribution in [2.45, 2.75) is 0 Å². The average Bonchev–Trinajstić information content (AvgIpc) is 2.34. The molecule has 0 atom stereocenters. The molecule has 2 aromatic heterocycles. The van der Waals surface area contributed by atoms with Crippen LogP contribution in [-0.4, -0.2) is 20.2 Å². The third-order valence-corrected chi connectivity index (χ3v) is 1.33. The van der Waals surface area contributed by atoms with Gasteiger partial charge in [-0.05, 0) is 0 Å². The van der Waals surface area contributed by atoms with E-state index in [0.29, 0.717) is 11.0 Å². The maximum Gasteiger partial charge on any atom is 0.263 e. The molecule has 0 spiro atoms. The van der Waals surface area contributed by atoms with Crippen LogP contribution in [0.2, 0.25) is 0 Å². The Hall–Kier alpha value is -1.85. The van der Waals surface area contributed by atoms with Crippen LogP contribution in [0.4, 0.5) is 5.95 Å². The van der Waals surface area contributed by atoms with Gasteiger partial charge in [-0.2, -0.15) is 10.1 Å². The van der Waals surface area contributed by atoms with Crippen molar-refractivity contribution in [1.82, 2.24) is 20.2 Å². The van der Waals surface area contributed by atoms with Gasteiger partial charge in [0.15, 0.2) is 5.65 Å². The number of anilines is 1. The number of nitrogen functional groups attached to an aromatic ring is 1. The van der Waals surface area contributed by atoms with Gasteiger partial charge in [0.1, 0.15) is 5.39 Å². The molecule has 0 fully saturated rings. The molecule has 56 valence electrons. The minimum absolute atomic E-state index is 0.0783. The Morgan fingerprint density at radius 2 is 2.36 bits per heavy atom. The van der Waals surface area contributed by atoms with Crippen molar-refractivity contribution >= 4 is 17.0 Å². The zero-order valence-electron chi connectivity index (χ0n) is 5.46. The first-order valence-electron chi connectivity index (χ1n) is 2.96. The number of nitrogens with one attached hydrogen (secondary N) is 2. The normalized spacial score (nSPS) is 10.5. The lowest BCUT2D eigenvalue weighted by Crippen LogP contribution is -2.09.